The van der Waals surface area contributed by atoms with E-state index in [-0.39, 0.29) is 24.6 Å². The van der Waals surface area contributed by atoms with Crippen LogP contribution in [0.15, 0.2) is 54.6 Å². The fourth-order valence-corrected chi connectivity index (χ4v) is 4.37. The Morgan fingerprint density at radius 1 is 1.19 bits per heavy atom. The van der Waals surface area contributed by atoms with Crippen molar-refractivity contribution in [3.8, 4) is 17.3 Å². The molecule has 1 N–H and O–H groups in total. The van der Waals surface area contributed by atoms with E-state index in [1.807, 2.05) is 51.1 Å². The van der Waals surface area contributed by atoms with Crippen LogP contribution in [0.25, 0.3) is 5.69 Å². The van der Waals surface area contributed by atoms with Gasteiger partial charge in [-0.25, -0.2) is 9.07 Å². The first kappa shape index (κ1) is 26.3. The molecule has 7 nitrogen and oxygen atoms in total. The summed E-state index contributed by atoms with van der Waals surface area (Å²) in [6.07, 6.45) is 1.54. The van der Waals surface area contributed by atoms with Gasteiger partial charge in [-0.3, -0.25) is 4.90 Å². The summed E-state index contributed by atoms with van der Waals surface area (Å²) >= 11 is 0. The molecule has 0 radical (unpaired) electrons. The Morgan fingerprint density at radius 3 is 2.69 bits per heavy atom. The molecule has 0 bridgehead atoms. The fourth-order valence-electron chi connectivity index (χ4n) is 4.37. The number of hydrogen-bond acceptors (Lipinski definition) is 6. The van der Waals surface area contributed by atoms with E-state index >= 15 is 0 Å². The Morgan fingerprint density at radius 2 is 2.00 bits per heavy atom. The summed E-state index contributed by atoms with van der Waals surface area (Å²) in [4.78, 5) is 2.17. The maximum Gasteiger partial charge on any atom is 0.227 e. The number of nitrogens with zero attached hydrogens (tertiary/aromatic N) is 3. The van der Waals surface area contributed by atoms with E-state index in [0.717, 1.165) is 36.4 Å². The monoisotopic (exact) mass is 497 g/mol. The second kappa shape index (κ2) is 12.5. The molecular weight excluding hydrogens is 461 g/mol. The summed E-state index contributed by atoms with van der Waals surface area (Å²) in [6.45, 7) is 8.45. The third kappa shape index (κ3) is 7.13. The predicted octanol–water partition coefficient (Wildman–Crippen LogP) is 4.88. The third-order valence-corrected chi connectivity index (χ3v) is 6.11. The highest BCUT2D eigenvalue weighted by molar-refractivity contribution is 5.43. The van der Waals surface area contributed by atoms with Gasteiger partial charge in [-0.2, -0.15) is 5.10 Å². The maximum atomic E-state index is 13.9. The second-order valence-electron chi connectivity index (χ2n) is 9.54. The molecule has 1 aromatic heterocycles. The number of rotatable bonds is 12. The van der Waals surface area contributed by atoms with Crippen LogP contribution in [0.2, 0.25) is 0 Å². The van der Waals surface area contributed by atoms with Gasteiger partial charge in [0.25, 0.3) is 0 Å². The molecule has 194 valence electrons. The molecule has 2 heterocycles. The minimum absolute atomic E-state index is 0.0453. The van der Waals surface area contributed by atoms with Crippen LogP contribution in [-0.2, 0) is 16.0 Å². The molecule has 4 rings (SSSR count). The van der Waals surface area contributed by atoms with E-state index in [1.165, 1.54) is 12.1 Å². The molecule has 0 saturated carbocycles. The third-order valence-electron chi connectivity index (χ3n) is 6.11. The molecule has 0 aliphatic carbocycles. The number of para-hydroxylation sites is 1. The molecule has 2 aromatic carbocycles. The number of benzene rings is 2. The van der Waals surface area contributed by atoms with Crippen LogP contribution in [0.4, 0.5) is 4.39 Å². The molecule has 1 aliphatic heterocycles. The van der Waals surface area contributed by atoms with Crippen molar-refractivity contribution in [3.63, 3.8) is 0 Å². The van der Waals surface area contributed by atoms with Crippen molar-refractivity contribution in [2.75, 3.05) is 26.3 Å². The van der Waals surface area contributed by atoms with Crippen molar-refractivity contribution in [2.24, 2.45) is 0 Å². The van der Waals surface area contributed by atoms with Crippen LogP contribution in [0.3, 0.4) is 0 Å². The molecule has 3 aromatic rings. The summed E-state index contributed by atoms with van der Waals surface area (Å²) in [5.74, 6) is 0.545. The molecule has 0 amide bonds. The number of hydrogen-bond donors (Lipinski definition) is 1. The first-order valence-corrected chi connectivity index (χ1v) is 12.6. The van der Waals surface area contributed by atoms with Gasteiger partial charge in [-0.15, -0.1) is 0 Å². The molecular formula is C28H36FN3O4. The van der Waals surface area contributed by atoms with Gasteiger partial charge in [-0.1, -0.05) is 24.3 Å². The molecule has 36 heavy (non-hydrogen) atoms. The lowest BCUT2D eigenvalue weighted by Crippen LogP contribution is -2.39. The minimum Gasteiger partial charge on any atom is -0.438 e. The Kier molecular flexibility index (Phi) is 9.09. The highest BCUT2D eigenvalue weighted by atomic mass is 19.1. The standard InChI is InChI=1S/C28H36FN3O4/c1-20(2)35-19-24(33)16-31(17-26-13-8-14-34-26)18-27-21(3)30-32(23-10-5-4-6-11-23)28(27)36-25-12-7-9-22(29)15-25/h4-7,9-12,15,20,24,26,33H,8,13-14,16-19H2,1-3H3/t24-,26+/m1/s1. The van der Waals surface area contributed by atoms with Crippen molar-refractivity contribution in [1.29, 1.82) is 0 Å². The number of aryl methyl sites for hydroxylation is 1. The summed E-state index contributed by atoms with van der Waals surface area (Å²) in [6, 6.07) is 15.8. The van der Waals surface area contributed by atoms with Crippen LogP contribution in [-0.4, -0.2) is 64.4 Å². The zero-order chi connectivity index (χ0) is 25.5. The SMILES string of the molecule is Cc1nn(-c2ccccc2)c(Oc2cccc(F)c2)c1CN(C[C@@H](O)COC(C)C)C[C@@H]1CCCO1. The number of aliphatic hydroxyl groups excluding tert-OH is 1. The van der Waals surface area contributed by atoms with Crippen LogP contribution in [0, 0.1) is 12.7 Å². The summed E-state index contributed by atoms with van der Waals surface area (Å²) in [5, 5.41) is 15.5. The van der Waals surface area contributed by atoms with E-state index in [2.05, 4.69) is 4.90 Å². The normalized spacial score (nSPS) is 16.7. The first-order chi connectivity index (χ1) is 17.4. The number of ether oxygens (including phenoxy) is 3. The van der Waals surface area contributed by atoms with Gasteiger partial charge in [-0.05, 0) is 57.9 Å². The van der Waals surface area contributed by atoms with Gasteiger partial charge in [0, 0.05) is 32.3 Å². The molecule has 1 fully saturated rings. The molecule has 0 unspecified atom stereocenters. The molecule has 1 aliphatic rings. The average molecular weight is 498 g/mol. The van der Waals surface area contributed by atoms with E-state index in [1.54, 1.807) is 16.8 Å². The van der Waals surface area contributed by atoms with Crippen molar-refractivity contribution in [3.05, 3.63) is 71.7 Å². The molecule has 1 saturated heterocycles. The topological polar surface area (TPSA) is 69.0 Å². The van der Waals surface area contributed by atoms with Crippen molar-refractivity contribution >= 4 is 0 Å². The zero-order valence-electron chi connectivity index (χ0n) is 21.3. The summed E-state index contributed by atoms with van der Waals surface area (Å²) < 4.78 is 33.5. The minimum atomic E-state index is -0.647. The Labute approximate surface area is 212 Å². The van der Waals surface area contributed by atoms with Crippen LogP contribution in [0.5, 0.6) is 11.6 Å². The van der Waals surface area contributed by atoms with E-state index in [0.29, 0.717) is 31.3 Å². The lowest BCUT2D eigenvalue weighted by molar-refractivity contribution is -0.0173. The lowest BCUT2D eigenvalue weighted by Gasteiger charge is -2.28. The smallest absolute Gasteiger partial charge is 0.227 e. The van der Waals surface area contributed by atoms with E-state index in [9.17, 15) is 9.50 Å². The average Bonchev–Trinajstić information content (AvgIpc) is 3.47. The number of halogens is 1. The van der Waals surface area contributed by atoms with Gasteiger partial charge in [0.2, 0.25) is 5.88 Å². The largest absolute Gasteiger partial charge is 0.438 e. The van der Waals surface area contributed by atoms with Crippen LogP contribution < -0.4 is 4.74 Å². The Bertz CT molecular complexity index is 1100. The Hall–Kier alpha value is -2.78. The number of aliphatic hydroxyl groups is 1. The van der Waals surface area contributed by atoms with Gasteiger partial charge in [0.15, 0.2) is 0 Å². The van der Waals surface area contributed by atoms with Crippen molar-refractivity contribution < 1.29 is 23.7 Å². The quantitative estimate of drug-likeness (QED) is 0.385. The van der Waals surface area contributed by atoms with Crippen LogP contribution in [0.1, 0.15) is 37.9 Å². The molecule has 2 atom stereocenters. The van der Waals surface area contributed by atoms with Gasteiger partial charge in [0.05, 0.1) is 41.9 Å². The zero-order valence-corrected chi connectivity index (χ0v) is 21.3. The highest BCUT2D eigenvalue weighted by Crippen LogP contribution is 2.32. The van der Waals surface area contributed by atoms with E-state index < -0.39 is 6.10 Å². The van der Waals surface area contributed by atoms with Gasteiger partial charge >= 0.3 is 0 Å². The first-order valence-electron chi connectivity index (χ1n) is 12.6. The summed E-state index contributed by atoms with van der Waals surface area (Å²) in [5.41, 5.74) is 2.52. The number of aromatic nitrogens is 2. The van der Waals surface area contributed by atoms with E-state index in [4.69, 9.17) is 19.3 Å². The van der Waals surface area contributed by atoms with Crippen molar-refractivity contribution in [1.82, 2.24) is 14.7 Å². The Balaban J connectivity index is 1.65. The highest BCUT2D eigenvalue weighted by Gasteiger charge is 2.26. The lowest BCUT2D eigenvalue weighted by atomic mass is 10.1. The van der Waals surface area contributed by atoms with Gasteiger partial charge in [0.1, 0.15) is 11.6 Å². The molecule has 0 spiro atoms. The van der Waals surface area contributed by atoms with Crippen molar-refractivity contribution in [2.45, 2.75) is 58.5 Å². The fraction of sp³-hybridized carbons (Fsp3) is 0.464. The second-order valence-corrected chi connectivity index (χ2v) is 9.54. The van der Waals surface area contributed by atoms with Gasteiger partial charge < -0.3 is 19.3 Å². The molecule has 8 heteroatoms. The van der Waals surface area contributed by atoms with Crippen LogP contribution >= 0.6 is 0 Å². The predicted molar refractivity (Wildman–Crippen MR) is 136 cm³/mol. The summed E-state index contributed by atoms with van der Waals surface area (Å²) in [7, 11) is 0. The maximum absolute atomic E-state index is 13.9.